The summed E-state index contributed by atoms with van der Waals surface area (Å²) in [7, 11) is 0. The van der Waals surface area contributed by atoms with Gasteiger partial charge in [0.15, 0.2) is 0 Å². The molecule has 0 bridgehead atoms. The van der Waals surface area contributed by atoms with Crippen LogP contribution in [0.4, 0.5) is 0 Å². The van der Waals surface area contributed by atoms with Gasteiger partial charge in [-0.15, -0.1) is 0 Å². The van der Waals surface area contributed by atoms with Gasteiger partial charge in [0.2, 0.25) is 0 Å². The molecule has 1 atom stereocenters. The van der Waals surface area contributed by atoms with Gasteiger partial charge in [-0.05, 0) is 36.0 Å². The van der Waals surface area contributed by atoms with Gasteiger partial charge in [0.05, 0.1) is 0 Å². The Morgan fingerprint density at radius 3 is 1.53 bits per heavy atom. The van der Waals surface area contributed by atoms with Gasteiger partial charge in [-0.1, -0.05) is 61.3 Å². The van der Waals surface area contributed by atoms with E-state index >= 15 is 0 Å². The van der Waals surface area contributed by atoms with Gasteiger partial charge < -0.3 is 0 Å². The first kappa shape index (κ1) is 15.0. The predicted molar refractivity (Wildman–Crippen MR) is 71.2 cm³/mol. The lowest BCUT2D eigenvalue weighted by atomic mass is 9.67. The second kappa shape index (κ2) is 5.92. The highest BCUT2D eigenvalue weighted by atomic mass is 14.4. The SMILES string of the molecule is CCCC(C)(CCC)C(C)CC(C)(C)C. The molecule has 1 unspecified atom stereocenters. The topological polar surface area (TPSA) is 0 Å². The summed E-state index contributed by atoms with van der Waals surface area (Å²) in [5.74, 6) is 0.845. The molecule has 92 valence electrons. The fourth-order valence-electron chi connectivity index (χ4n) is 2.92. The zero-order valence-corrected chi connectivity index (χ0v) is 12.1. The van der Waals surface area contributed by atoms with E-state index in [9.17, 15) is 0 Å². The molecule has 0 nitrogen and oxygen atoms in total. The Balaban J connectivity index is 4.47. The van der Waals surface area contributed by atoms with E-state index in [0.29, 0.717) is 10.8 Å². The second-order valence-electron chi connectivity index (χ2n) is 6.82. The Labute approximate surface area is 97.8 Å². The maximum atomic E-state index is 2.50. The fourth-order valence-corrected chi connectivity index (χ4v) is 2.92. The molecule has 0 aliphatic heterocycles. The average molecular weight is 212 g/mol. The predicted octanol–water partition coefficient (Wildman–Crippen LogP) is 5.67. The van der Waals surface area contributed by atoms with Crippen molar-refractivity contribution < 1.29 is 0 Å². The lowest BCUT2D eigenvalue weighted by Crippen LogP contribution is -2.28. The first-order chi connectivity index (χ1) is 6.75. The van der Waals surface area contributed by atoms with Crippen LogP contribution in [0.5, 0.6) is 0 Å². The first-order valence-corrected chi connectivity index (χ1v) is 6.75. The van der Waals surface area contributed by atoms with Gasteiger partial charge >= 0.3 is 0 Å². The third-order valence-electron chi connectivity index (χ3n) is 3.75. The van der Waals surface area contributed by atoms with Gasteiger partial charge in [0.1, 0.15) is 0 Å². The van der Waals surface area contributed by atoms with E-state index in [1.807, 2.05) is 0 Å². The van der Waals surface area contributed by atoms with Crippen LogP contribution in [0.15, 0.2) is 0 Å². The summed E-state index contributed by atoms with van der Waals surface area (Å²) in [6, 6.07) is 0. The maximum absolute atomic E-state index is 2.50. The van der Waals surface area contributed by atoms with Gasteiger partial charge in [0.25, 0.3) is 0 Å². The molecular weight excluding hydrogens is 180 g/mol. The number of hydrogen-bond donors (Lipinski definition) is 0. The van der Waals surface area contributed by atoms with Crippen molar-refractivity contribution >= 4 is 0 Å². The smallest absolute Gasteiger partial charge is 0.0300 e. The molecule has 0 aliphatic rings. The minimum absolute atomic E-state index is 0.474. The van der Waals surface area contributed by atoms with Crippen LogP contribution in [0.2, 0.25) is 0 Å². The normalized spacial score (nSPS) is 15.4. The maximum Gasteiger partial charge on any atom is -0.0300 e. The number of hydrogen-bond acceptors (Lipinski definition) is 0. The van der Waals surface area contributed by atoms with E-state index in [1.165, 1.54) is 32.1 Å². The summed E-state index contributed by atoms with van der Waals surface area (Å²) >= 11 is 0. The Morgan fingerprint density at radius 2 is 1.27 bits per heavy atom. The lowest BCUT2D eigenvalue weighted by molar-refractivity contribution is 0.118. The van der Waals surface area contributed by atoms with Crippen molar-refractivity contribution in [2.24, 2.45) is 16.7 Å². The summed E-state index contributed by atoms with van der Waals surface area (Å²) in [6.07, 6.45) is 6.77. The van der Waals surface area contributed by atoms with Crippen LogP contribution >= 0.6 is 0 Å². The molecule has 0 spiro atoms. The van der Waals surface area contributed by atoms with E-state index in [1.54, 1.807) is 0 Å². The second-order valence-corrected chi connectivity index (χ2v) is 6.82. The molecule has 15 heavy (non-hydrogen) atoms. The quantitative estimate of drug-likeness (QED) is 0.532. The van der Waals surface area contributed by atoms with Crippen molar-refractivity contribution in [3.8, 4) is 0 Å². The van der Waals surface area contributed by atoms with Crippen LogP contribution in [-0.2, 0) is 0 Å². The Kier molecular flexibility index (Phi) is 5.92. The molecule has 0 aromatic carbocycles. The standard InChI is InChI=1S/C15H32/c1-8-10-15(7,11-9-2)13(3)12-14(4,5)6/h13H,8-12H2,1-7H3. The van der Waals surface area contributed by atoms with Crippen LogP contribution in [0.25, 0.3) is 0 Å². The van der Waals surface area contributed by atoms with Crippen molar-refractivity contribution in [3.63, 3.8) is 0 Å². The zero-order valence-electron chi connectivity index (χ0n) is 12.1. The van der Waals surface area contributed by atoms with Crippen molar-refractivity contribution in [1.29, 1.82) is 0 Å². The molecule has 0 radical (unpaired) electrons. The minimum Gasteiger partial charge on any atom is -0.0654 e. The first-order valence-electron chi connectivity index (χ1n) is 6.75. The summed E-state index contributed by atoms with van der Waals surface area (Å²) in [4.78, 5) is 0. The molecule has 0 heteroatoms. The van der Waals surface area contributed by atoms with Crippen LogP contribution in [-0.4, -0.2) is 0 Å². The van der Waals surface area contributed by atoms with Crippen molar-refractivity contribution in [1.82, 2.24) is 0 Å². The number of rotatable bonds is 6. The van der Waals surface area contributed by atoms with E-state index in [4.69, 9.17) is 0 Å². The largest absolute Gasteiger partial charge is 0.0654 e. The molecule has 0 amide bonds. The Hall–Kier alpha value is 0. The van der Waals surface area contributed by atoms with Crippen LogP contribution in [0, 0.1) is 16.7 Å². The Morgan fingerprint density at radius 1 is 0.867 bits per heavy atom. The summed E-state index contributed by atoms with van der Waals surface area (Å²) in [5, 5.41) is 0. The zero-order chi connectivity index (χ0) is 12.1. The molecule has 0 aromatic heterocycles. The minimum atomic E-state index is 0.474. The third kappa shape index (κ3) is 5.58. The van der Waals surface area contributed by atoms with Crippen molar-refractivity contribution in [2.75, 3.05) is 0 Å². The summed E-state index contributed by atoms with van der Waals surface area (Å²) in [6.45, 7) is 16.7. The summed E-state index contributed by atoms with van der Waals surface area (Å²) < 4.78 is 0. The van der Waals surface area contributed by atoms with E-state index in [0.717, 1.165) is 5.92 Å². The highest BCUT2D eigenvalue weighted by Gasteiger charge is 2.31. The molecule has 0 saturated carbocycles. The van der Waals surface area contributed by atoms with E-state index < -0.39 is 0 Å². The molecule has 0 aliphatic carbocycles. The summed E-state index contributed by atoms with van der Waals surface area (Å²) in [5.41, 5.74) is 1.04. The molecule has 0 rings (SSSR count). The van der Waals surface area contributed by atoms with Gasteiger partial charge in [-0.25, -0.2) is 0 Å². The van der Waals surface area contributed by atoms with Crippen molar-refractivity contribution in [2.45, 2.75) is 80.6 Å². The van der Waals surface area contributed by atoms with Gasteiger partial charge in [-0.2, -0.15) is 0 Å². The molecule has 0 saturated heterocycles. The molecule has 0 aromatic rings. The van der Waals surface area contributed by atoms with Crippen LogP contribution in [0.1, 0.15) is 80.6 Å². The van der Waals surface area contributed by atoms with Crippen molar-refractivity contribution in [3.05, 3.63) is 0 Å². The Bertz CT molecular complexity index is 155. The van der Waals surface area contributed by atoms with Crippen LogP contribution < -0.4 is 0 Å². The molecule has 0 N–H and O–H groups in total. The lowest BCUT2D eigenvalue weighted by Gasteiger charge is -2.39. The fraction of sp³-hybridized carbons (Fsp3) is 1.00. The van der Waals surface area contributed by atoms with Gasteiger partial charge in [-0.3, -0.25) is 0 Å². The van der Waals surface area contributed by atoms with Crippen LogP contribution in [0.3, 0.4) is 0 Å². The van der Waals surface area contributed by atoms with Gasteiger partial charge in [0, 0.05) is 0 Å². The third-order valence-corrected chi connectivity index (χ3v) is 3.75. The molecule has 0 fully saturated rings. The average Bonchev–Trinajstić information content (AvgIpc) is 2.01. The molecular formula is C15H32. The molecule has 0 heterocycles. The highest BCUT2D eigenvalue weighted by Crippen LogP contribution is 2.42. The highest BCUT2D eigenvalue weighted by molar-refractivity contribution is 4.82. The van der Waals surface area contributed by atoms with E-state index in [-0.39, 0.29) is 0 Å². The monoisotopic (exact) mass is 212 g/mol. The van der Waals surface area contributed by atoms with E-state index in [2.05, 4.69) is 48.5 Å².